The predicted molar refractivity (Wildman–Crippen MR) is 49.8 cm³/mol. The lowest BCUT2D eigenvalue weighted by Crippen LogP contribution is -2.20. The van der Waals surface area contributed by atoms with Crippen LogP contribution >= 0.6 is 0 Å². The lowest BCUT2D eigenvalue weighted by atomic mass is 10.3. The number of nitrogens with zero attached hydrogens (tertiary/aromatic N) is 2. The fourth-order valence-corrected chi connectivity index (χ4v) is 1.02. The van der Waals surface area contributed by atoms with E-state index in [2.05, 4.69) is 18.5 Å². The van der Waals surface area contributed by atoms with E-state index in [1.807, 2.05) is 0 Å². The molecule has 0 aromatic carbocycles. The largest absolute Gasteiger partial charge is 0.272 e. The molecule has 0 spiro atoms. The van der Waals surface area contributed by atoms with Crippen molar-refractivity contribution in [2.45, 2.75) is 26.2 Å². The molecule has 0 unspecified atom stereocenters. The third kappa shape index (κ3) is 3.05. The first kappa shape index (κ1) is 9.26. The van der Waals surface area contributed by atoms with Crippen molar-refractivity contribution in [2.75, 3.05) is 13.2 Å². The van der Waals surface area contributed by atoms with Crippen LogP contribution in [0.3, 0.4) is 0 Å². The van der Waals surface area contributed by atoms with Crippen LogP contribution in [0, 0.1) is 0 Å². The second-order valence-electron chi connectivity index (χ2n) is 2.93. The number of hydrogen-bond acceptors (Lipinski definition) is 3. The summed E-state index contributed by atoms with van der Waals surface area (Å²) in [5.74, 6) is 0. The summed E-state index contributed by atoms with van der Waals surface area (Å²) in [4.78, 5) is 9.40. The van der Waals surface area contributed by atoms with E-state index >= 15 is 0 Å². The Labute approximate surface area is 73.7 Å². The maximum absolute atomic E-state index is 5.40. The number of aliphatic imine (C=N–C) groups is 1. The van der Waals surface area contributed by atoms with Crippen molar-refractivity contribution >= 4 is 6.34 Å². The number of hydroxylamine groups is 2. The third-order valence-corrected chi connectivity index (χ3v) is 1.71. The van der Waals surface area contributed by atoms with E-state index in [9.17, 15) is 0 Å². The van der Waals surface area contributed by atoms with Gasteiger partial charge in [0.15, 0.2) is 0 Å². The molecule has 1 heterocycles. The van der Waals surface area contributed by atoms with Crippen molar-refractivity contribution in [1.82, 2.24) is 5.06 Å². The van der Waals surface area contributed by atoms with E-state index in [4.69, 9.17) is 4.84 Å². The monoisotopic (exact) mass is 168 g/mol. The minimum absolute atomic E-state index is 0.714. The van der Waals surface area contributed by atoms with Gasteiger partial charge in [-0.15, -0.1) is 0 Å². The van der Waals surface area contributed by atoms with E-state index in [0.29, 0.717) is 6.54 Å². The van der Waals surface area contributed by atoms with Crippen molar-refractivity contribution in [3.05, 3.63) is 12.3 Å². The molecule has 3 heteroatoms. The molecule has 1 rings (SSSR count). The van der Waals surface area contributed by atoms with E-state index in [0.717, 1.165) is 18.7 Å². The average Bonchev–Trinajstić information content (AvgIpc) is 2.45. The Morgan fingerprint density at radius 3 is 3.08 bits per heavy atom. The molecular weight excluding hydrogens is 152 g/mol. The minimum Gasteiger partial charge on any atom is -0.272 e. The minimum atomic E-state index is 0.714. The normalized spacial score (nSPS) is 16.1. The van der Waals surface area contributed by atoms with Crippen LogP contribution in [0.5, 0.6) is 0 Å². The molecule has 0 aromatic heterocycles. The molecule has 1 aliphatic heterocycles. The Balaban J connectivity index is 2.01. The molecular formula is C9H16N2O. The van der Waals surface area contributed by atoms with Crippen LogP contribution in [0.2, 0.25) is 0 Å². The maximum atomic E-state index is 5.40. The van der Waals surface area contributed by atoms with Crippen LogP contribution in [0.1, 0.15) is 26.2 Å². The summed E-state index contributed by atoms with van der Waals surface area (Å²) in [5.41, 5.74) is 0.866. The molecule has 1 aliphatic rings. The van der Waals surface area contributed by atoms with Crippen LogP contribution < -0.4 is 0 Å². The Morgan fingerprint density at radius 1 is 1.67 bits per heavy atom. The van der Waals surface area contributed by atoms with E-state index in [-0.39, 0.29) is 0 Å². The second kappa shape index (κ2) is 4.93. The van der Waals surface area contributed by atoms with E-state index < -0.39 is 0 Å². The van der Waals surface area contributed by atoms with E-state index in [1.54, 1.807) is 11.4 Å². The molecule has 0 N–H and O–H groups in total. The molecule has 0 fully saturated rings. The highest BCUT2D eigenvalue weighted by Gasteiger charge is 2.08. The highest BCUT2D eigenvalue weighted by molar-refractivity contribution is 5.59. The van der Waals surface area contributed by atoms with Crippen LogP contribution in [0.15, 0.2) is 17.3 Å². The zero-order valence-corrected chi connectivity index (χ0v) is 7.62. The Hall–Kier alpha value is -0.830. The Bertz CT molecular complexity index is 177. The summed E-state index contributed by atoms with van der Waals surface area (Å²) < 4.78 is 0. The molecule has 0 atom stereocenters. The number of unbranched alkanes of at least 4 members (excludes halogenated alkanes) is 2. The molecule has 68 valence electrons. The quantitative estimate of drug-likeness (QED) is 0.586. The first-order chi connectivity index (χ1) is 5.83. The highest BCUT2D eigenvalue weighted by Crippen LogP contribution is 2.05. The second-order valence-corrected chi connectivity index (χ2v) is 2.93. The van der Waals surface area contributed by atoms with Gasteiger partial charge in [0, 0.05) is 0 Å². The summed E-state index contributed by atoms with van der Waals surface area (Å²) in [6.45, 7) is 7.41. The van der Waals surface area contributed by atoms with Crippen LogP contribution in [-0.4, -0.2) is 24.6 Å². The summed E-state index contributed by atoms with van der Waals surface area (Å²) in [5, 5.41) is 1.73. The molecule has 0 aromatic rings. The van der Waals surface area contributed by atoms with Gasteiger partial charge in [0.25, 0.3) is 0 Å². The van der Waals surface area contributed by atoms with Gasteiger partial charge in [0.05, 0.1) is 18.8 Å². The van der Waals surface area contributed by atoms with Gasteiger partial charge in [-0.2, -0.15) is 0 Å². The summed E-state index contributed by atoms with van der Waals surface area (Å²) in [6.07, 6.45) is 5.26. The van der Waals surface area contributed by atoms with Crippen LogP contribution in [0.4, 0.5) is 0 Å². The molecule has 3 nitrogen and oxygen atoms in total. The molecule has 0 bridgehead atoms. The first-order valence-electron chi connectivity index (χ1n) is 4.44. The maximum Gasteiger partial charge on any atom is 0.116 e. The van der Waals surface area contributed by atoms with Crippen molar-refractivity contribution in [3.63, 3.8) is 0 Å². The third-order valence-electron chi connectivity index (χ3n) is 1.71. The molecule has 12 heavy (non-hydrogen) atoms. The van der Waals surface area contributed by atoms with Gasteiger partial charge in [-0.25, -0.2) is 10.1 Å². The van der Waals surface area contributed by atoms with Crippen molar-refractivity contribution < 1.29 is 4.84 Å². The fourth-order valence-electron chi connectivity index (χ4n) is 1.02. The Morgan fingerprint density at radius 2 is 2.50 bits per heavy atom. The standard InChI is InChI=1S/C9H16N2O/c1-3-4-5-6-12-11-7-9(2)10-8-11/h8H,2-7H2,1H3. The molecule has 0 aliphatic carbocycles. The van der Waals surface area contributed by atoms with Gasteiger partial charge in [-0.1, -0.05) is 26.3 Å². The van der Waals surface area contributed by atoms with Crippen LogP contribution in [-0.2, 0) is 4.84 Å². The van der Waals surface area contributed by atoms with Gasteiger partial charge in [0.2, 0.25) is 0 Å². The van der Waals surface area contributed by atoms with Crippen molar-refractivity contribution in [2.24, 2.45) is 4.99 Å². The zero-order chi connectivity index (χ0) is 8.81. The predicted octanol–water partition coefficient (Wildman–Crippen LogP) is 1.97. The number of hydrogen-bond donors (Lipinski definition) is 0. The topological polar surface area (TPSA) is 24.8 Å². The first-order valence-corrected chi connectivity index (χ1v) is 4.44. The van der Waals surface area contributed by atoms with Crippen molar-refractivity contribution in [1.29, 1.82) is 0 Å². The van der Waals surface area contributed by atoms with Gasteiger partial charge >= 0.3 is 0 Å². The Kier molecular flexibility index (Phi) is 3.80. The smallest absolute Gasteiger partial charge is 0.116 e. The summed E-state index contributed by atoms with van der Waals surface area (Å²) in [6, 6.07) is 0. The molecule has 0 saturated carbocycles. The molecule has 0 radical (unpaired) electrons. The lowest BCUT2D eigenvalue weighted by molar-refractivity contribution is -0.0851. The van der Waals surface area contributed by atoms with Gasteiger partial charge in [0.1, 0.15) is 6.34 Å². The van der Waals surface area contributed by atoms with E-state index in [1.165, 1.54) is 12.8 Å². The summed E-state index contributed by atoms with van der Waals surface area (Å²) >= 11 is 0. The zero-order valence-electron chi connectivity index (χ0n) is 7.62. The van der Waals surface area contributed by atoms with Crippen molar-refractivity contribution in [3.8, 4) is 0 Å². The highest BCUT2D eigenvalue weighted by atomic mass is 16.7. The van der Waals surface area contributed by atoms with Gasteiger partial charge in [-0.05, 0) is 6.42 Å². The number of rotatable bonds is 5. The van der Waals surface area contributed by atoms with Crippen LogP contribution in [0.25, 0.3) is 0 Å². The fraction of sp³-hybridized carbons (Fsp3) is 0.667. The molecule has 0 amide bonds. The SMILES string of the molecule is C=C1CN(OCCCCC)C=N1. The van der Waals surface area contributed by atoms with Gasteiger partial charge in [-0.3, -0.25) is 4.84 Å². The molecule has 0 saturated heterocycles. The van der Waals surface area contributed by atoms with Gasteiger partial charge < -0.3 is 0 Å². The summed E-state index contributed by atoms with van der Waals surface area (Å²) in [7, 11) is 0. The lowest BCUT2D eigenvalue weighted by Gasteiger charge is -2.12. The average molecular weight is 168 g/mol.